The van der Waals surface area contributed by atoms with E-state index in [1.807, 2.05) is 41.6 Å². The van der Waals surface area contributed by atoms with Crippen LogP contribution in [0.1, 0.15) is 10.8 Å². The summed E-state index contributed by atoms with van der Waals surface area (Å²) in [6.07, 6.45) is 9.25. The van der Waals surface area contributed by atoms with Gasteiger partial charge in [-0.15, -0.1) is 11.8 Å². The largest absolute Gasteiger partial charge is 0.336 e. The van der Waals surface area contributed by atoms with Crippen LogP contribution in [0.15, 0.2) is 84.5 Å². The standard InChI is InChI=1S/C20H16Cl2N4S/c21-15-2-7-18(19(22)12-15)20(13-25-11-9-23-14-25)27-17-5-3-16(4-6-17)26-10-1-8-24-26/h1-12,14,20H,13H2. The maximum atomic E-state index is 6.49. The van der Waals surface area contributed by atoms with Crippen LogP contribution in [-0.2, 0) is 6.54 Å². The normalized spacial score (nSPS) is 12.2. The molecule has 0 aliphatic heterocycles. The molecule has 0 radical (unpaired) electrons. The van der Waals surface area contributed by atoms with E-state index >= 15 is 0 Å². The van der Waals surface area contributed by atoms with Crippen molar-refractivity contribution in [3.05, 3.63) is 95.3 Å². The smallest absolute Gasteiger partial charge is 0.0946 e. The number of thioether (sulfide) groups is 1. The molecule has 4 rings (SSSR count). The first kappa shape index (κ1) is 18.2. The highest BCUT2D eigenvalue weighted by Crippen LogP contribution is 2.40. The van der Waals surface area contributed by atoms with Crippen LogP contribution in [0.5, 0.6) is 0 Å². The van der Waals surface area contributed by atoms with Crippen molar-refractivity contribution in [3.63, 3.8) is 0 Å². The van der Waals surface area contributed by atoms with Crippen molar-refractivity contribution in [1.82, 2.24) is 19.3 Å². The van der Waals surface area contributed by atoms with Crippen LogP contribution in [-0.4, -0.2) is 19.3 Å². The van der Waals surface area contributed by atoms with E-state index in [9.17, 15) is 0 Å². The number of halogens is 2. The monoisotopic (exact) mass is 414 g/mol. The minimum atomic E-state index is 0.125. The molecule has 0 fully saturated rings. The molecule has 0 amide bonds. The summed E-state index contributed by atoms with van der Waals surface area (Å²) in [6, 6.07) is 15.9. The molecule has 0 saturated heterocycles. The first-order valence-electron chi connectivity index (χ1n) is 8.36. The average Bonchev–Trinajstić information content (AvgIpc) is 3.36. The molecule has 4 nitrogen and oxygen atoms in total. The van der Waals surface area contributed by atoms with Gasteiger partial charge in [0.15, 0.2) is 0 Å². The van der Waals surface area contributed by atoms with E-state index in [0.29, 0.717) is 10.0 Å². The van der Waals surface area contributed by atoms with Gasteiger partial charge in [-0.2, -0.15) is 5.10 Å². The van der Waals surface area contributed by atoms with Gasteiger partial charge in [0.1, 0.15) is 0 Å². The molecule has 2 aromatic heterocycles. The fourth-order valence-electron chi connectivity index (χ4n) is 2.81. The molecule has 4 aromatic rings. The maximum absolute atomic E-state index is 6.49. The zero-order valence-electron chi connectivity index (χ0n) is 14.2. The number of rotatable bonds is 6. The maximum Gasteiger partial charge on any atom is 0.0946 e. The lowest BCUT2D eigenvalue weighted by Gasteiger charge is -2.19. The number of imidazole rings is 1. The van der Waals surface area contributed by atoms with E-state index in [2.05, 4.69) is 38.9 Å². The SMILES string of the molecule is Clc1ccc(C(Cn2ccnc2)Sc2ccc(-n3cccn3)cc2)c(Cl)c1. The first-order chi connectivity index (χ1) is 13.2. The third-order valence-corrected chi connectivity index (χ3v) is 5.92. The Bertz CT molecular complexity index is 999. The minimum Gasteiger partial charge on any atom is -0.336 e. The molecule has 0 aliphatic carbocycles. The highest BCUT2D eigenvalue weighted by atomic mass is 35.5. The molecule has 0 aliphatic rings. The lowest BCUT2D eigenvalue weighted by Crippen LogP contribution is -2.05. The summed E-state index contributed by atoms with van der Waals surface area (Å²) in [6.45, 7) is 0.757. The molecule has 2 aromatic carbocycles. The molecule has 136 valence electrons. The van der Waals surface area contributed by atoms with Crippen LogP contribution in [0.4, 0.5) is 0 Å². The predicted octanol–water partition coefficient (Wildman–Crippen LogP) is 5.91. The van der Waals surface area contributed by atoms with Crippen LogP contribution in [0, 0.1) is 0 Å². The van der Waals surface area contributed by atoms with Gasteiger partial charge in [0.2, 0.25) is 0 Å². The second-order valence-corrected chi connectivity index (χ2v) is 8.10. The van der Waals surface area contributed by atoms with Crippen molar-refractivity contribution in [3.8, 4) is 5.69 Å². The summed E-state index contributed by atoms with van der Waals surface area (Å²) in [5, 5.41) is 5.70. The van der Waals surface area contributed by atoms with E-state index < -0.39 is 0 Å². The molecule has 0 spiro atoms. The summed E-state index contributed by atoms with van der Waals surface area (Å²) < 4.78 is 3.90. The average molecular weight is 415 g/mol. The van der Waals surface area contributed by atoms with Crippen LogP contribution in [0.3, 0.4) is 0 Å². The Balaban J connectivity index is 1.60. The summed E-state index contributed by atoms with van der Waals surface area (Å²) in [5.74, 6) is 0. The quantitative estimate of drug-likeness (QED) is 0.368. The fourth-order valence-corrected chi connectivity index (χ4v) is 4.62. The minimum absolute atomic E-state index is 0.125. The zero-order valence-corrected chi connectivity index (χ0v) is 16.6. The van der Waals surface area contributed by atoms with Gasteiger partial charge < -0.3 is 4.57 Å². The highest BCUT2D eigenvalue weighted by molar-refractivity contribution is 7.99. The Hall–Kier alpha value is -2.21. The molecule has 1 unspecified atom stereocenters. The van der Waals surface area contributed by atoms with Gasteiger partial charge in [0.25, 0.3) is 0 Å². The Morgan fingerprint density at radius 2 is 1.85 bits per heavy atom. The van der Waals surface area contributed by atoms with Gasteiger partial charge in [-0.3, -0.25) is 0 Å². The van der Waals surface area contributed by atoms with Crippen LogP contribution >= 0.6 is 35.0 Å². The van der Waals surface area contributed by atoms with Gasteiger partial charge in [0.05, 0.1) is 17.3 Å². The number of aromatic nitrogens is 4. The van der Waals surface area contributed by atoms with Gasteiger partial charge in [0, 0.05) is 46.3 Å². The van der Waals surface area contributed by atoms with E-state index in [1.54, 1.807) is 30.2 Å². The summed E-state index contributed by atoms with van der Waals surface area (Å²) in [7, 11) is 0. The Morgan fingerprint density at radius 3 is 2.52 bits per heavy atom. The lowest BCUT2D eigenvalue weighted by molar-refractivity contribution is 0.683. The number of benzene rings is 2. The predicted molar refractivity (Wildman–Crippen MR) is 111 cm³/mol. The van der Waals surface area contributed by atoms with Crippen molar-refractivity contribution in [2.75, 3.05) is 0 Å². The van der Waals surface area contributed by atoms with Crippen molar-refractivity contribution in [2.45, 2.75) is 16.7 Å². The van der Waals surface area contributed by atoms with Crippen molar-refractivity contribution >= 4 is 35.0 Å². The van der Waals surface area contributed by atoms with Gasteiger partial charge in [-0.25, -0.2) is 9.67 Å². The Morgan fingerprint density at radius 1 is 1.00 bits per heavy atom. The second kappa shape index (κ2) is 8.21. The van der Waals surface area contributed by atoms with Gasteiger partial charge in [-0.05, 0) is 48.0 Å². The zero-order chi connectivity index (χ0) is 18.6. The molecule has 2 heterocycles. The van der Waals surface area contributed by atoms with E-state index in [1.165, 1.54) is 0 Å². The van der Waals surface area contributed by atoms with E-state index in [0.717, 1.165) is 22.7 Å². The number of hydrogen-bond donors (Lipinski definition) is 0. The van der Waals surface area contributed by atoms with Crippen molar-refractivity contribution in [1.29, 1.82) is 0 Å². The fraction of sp³-hybridized carbons (Fsp3) is 0.100. The summed E-state index contributed by atoms with van der Waals surface area (Å²) >= 11 is 14.3. The van der Waals surface area contributed by atoms with Gasteiger partial charge >= 0.3 is 0 Å². The first-order valence-corrected chi connectivity index (χ1v) is 10.00. The second-order valence-electron chi connectivity index (χ2n) is 5.98. The molecule has 0 saturated carbocycles. The third kappa shape index (κ3) is 4.38. The Kier molecular flexibility index (Phi) is 5.53. The summed E-state index contributed by atoms with van der Waals surface area (Å²) in [5.41, 5.74) is 2.08. The molecule has 27 heavy (non-hydrogen) atoms. The Labute approximate surface area is 171 Å². The molecule has 0 N–H and O–H groups in total. The topological polar surface area (TPSA) is 35.6 Å². The van der Waals surface area contributed by atoms with Crippen LogP contribution in [0.25, 0.3) is 5.69 Å². The summed E-state index contributed by atoms with van der Waals surface area (Å²) in [4.78, 5) is 5.30. The highest BCUT2D eigenvalue weighted by Gasteiger charge is 2.17. The molecule has 1 atom stereocenters. The lowest BCUT2D eigenvalue weighted by atomic mass is 10.1. The van der Waals surface area contributed by atoms with E-state index in [4.69, 9.17) is 23.2 Å². The molecule has 7 heteroatoms. The van der Waals surface area contributed by atoms with Crippen LogP contribution < -0.4 is 0 Å². The molecule has 0 bridgehead atoms. The third-order valence-electron chi connectivity index (χ3n) is 4.13. The van der Waals surface area contributed by atoms with E-state index in [-0.39, 0.29) is 5.25 Å². The molecular weight excluding hydrogens is 399 g/mol. The van der Waals surface area contributed by atoms with Crippen LogP contribution in [0.2, 0.25) is 10.0 Å². The van der Waals surface area contributed by atoms with Crippen molar-refractivity contribution < 1.29 is 0 Å². The van der Waals surface area contributed by atoms with Crippen molar-refractivity contribution in [2.24, 2.45) is 0 Å². The number of nitrogens with zero attached hydrogens (tertiary/aromatic N) is 4. The number of hydrogen-bond acceptors (Lipinski definition) is 3. The van der Waals surface area contributed by atoms with Gasteiger partial charge in [-0.1, -0.05) is 29.3 Å². The molecular formula is C20H16Cl2N4S.